The summed E-state index contributed by atoms with van der Waals surface area (Å²) in [5, 5.41) is 29.5. The number of rotatable bonds is 11. The lowest BCUT2D eigenvalue weighted by molar-refractivity contribution is -0.305. The van der Waals surface area contributed by atoms with Gasteiger partial charge in [0.1, 0.15) is 6.10 Å². The summed E-state index contributed by atoms with van der Waals surface area (Å²) in [6.07, 6.45) is 4.93. The van der Waals surface area contributed by atoms with Gasteiger partial charge in [-0.3, -0.25) is 0 Å². The van der Waals surface area contributed by atoms with Crippen LogP contribution in [0.2, 0.25) is 0 Å². The maximum Gasteiger partial charge on any atom is 0.183 e. The third-order valence-electron chi connectivity index (χ3n) is 4.00. The third-order valence-corrected chi connectivity index (χ3v) is 4.00. The Morgan fingerprint density at radius 1 is 1.09 bits per heavy atom. The lowest BCUT2D eigenvalue weighted by Crippen LogP contribution is -2.47. The van der Waals surface area contributed by atoms with Crippen molar-refractivity contribution in [1.29, 1.82) is 0 Å². The zero-order chi connectivity index (χ0) is 16.4. The maximum atomic E-state index is 10.2. The molecule has 0 radical (unpaired) electrons. The molecule has 0 aromatic carbocycles. The topological polar surface area (TPSA) is 99.1 Å². The van der Waals surface area contributed by atoms with Crippen molar-refractivity contribution in [3.8, 4) is 0 Å². The summed E-state index contributed by atoms with van der Waals surface area (Å²) in [5.74, 6) is -0.967. The maximum absolute atomic E-state index is 10.2. The van der Waals surface area contributed by atoms with Crippen LogP contribution in [0.5, 0.6) is 0 Å². The van der Waals surface area contributed by atoms with Gasteiger partial charge in [0.15, 0.2) is 6.29 Å². The van der Waals surface area contributed by atoms with Gasteiger partial charge in [-0.05, 0) is 26.2 Å². The second-order valence-corrected chi connectivity index (χ2v) is 6.05. The molecule has 1 aliphatic rings. The van der Waals surface area contributed by atoms with Gasteiger partial charge in [0.25, 0.3) is 0 Å². The van der Waals surface area contributed by atoms with Crippen molar-refractivity contribution in [3.05, 3.63) is 0 Å². The average molecular weight is 317 g/mol. The number of hydrogen-bond acceptors (Lipinski definition) is 6. The average Bonchev–Trinajstić information content (AvgIpc) is 2.45. The molecule has 6 heteroatoms. The van der Waals surface area contributed by atoms with Gasteiger partial charge in [0, 0.05) is 19.0 Å². The Morgan fingerprint density at radius 2 is 1.68 bits per heavy atom. The highest BCUT2D eigenvalue weighted by atomic mass is 16.7. The molecule has 0 aliphatic carbocycles. The minimum atomic E-state index is -0.967. The van der Waals surface area contributed by atoms with Crippen LogP contribution in [-0.4, -0.2) is 47.4 Å². The predicted molar refractivity (Wildman–Crippen MR) is 78.9 cm³/mol. The number of hydrogen-bond donors (Lipinski definition) is 2. The standard InChI is InChI=1S/C16H30O6/c1-12-13(17)11-14(18)16(22-12)21-10-8-6-4-2-3-5-7-9-15(19)20/h12-14,16-18H,2-11H2,1H3,(H,19,20)/p-1/t12-,13+,14+,16+/m0/s1. The first kappa shape index (κ1) is 19.4. The highest BCUT2D eigenvalue weighted by Gasteiger charge is 2.34. The van der Waals surface area contributed by atoms with Crippen LogP contribution < -0.4 is 5.11 Å². The first-order chi connectivity index (χ1) is 10.5. The van der Waals surface area contributed by atoms with Crippen LogP contribution in [0.4, 0.5) is 0 Å². The molecule has 22 heavy (non-hydrogen) atoms. The monoisotopic (exact) mass is 317 g/mol. The lowest BCUT2D eigenvalue weighted by Gasteiger charge is -2.35. The van der Waals surface area contributed by atoms with E-state index in [0.717, 1.165) is 38.5 Å². The van der Waals surface area contributed by atoms with Crippen molar-refractivity contribution in [3.63, 3.8) is 0 Å². The largest absolute Gasteiger partial charge is 0.550 e. The van der Waals surface area contributed by atoms with Crippen molar-refractivity contribution < 1.29 is 29.6 Å². The van der Waals surface area contributed by atoms with E-state index in [1.54, 1.807) is 6.92 Å². The molecule has 1 rings (SSSR count). The van der Waals surface area contributed by atoms with Gasteiger partial charge in [-0.2, -0.15) is 0 Å². The number of carboxylic acid groups (broad SMARTS) is 1. The summed E-state index contributed by atoms with van der Waals surface area (Å²) >= 11 is 0. The molecule has 1 fully saturated rings. The van der Waals surface area contributed by atoms with Crippen molar-refractivity contribution in [2.45, 2.75) is 89.3 Å². The van der Waals surface area contributed by atoms with Gasteiger partial charge in [-0.15, -0.1) is 0 Å². The predicted octanol–water partition coefficient (Wildman–Crippen LogP) is 0.730. The highest BCUT2D eigenvalue weighted by Crippen LogP contribution is 2.21. The summed E-state index contributed by atoms with van der Waals surface area (Å²) in [5.41, 5.74) is 0. The number of aliphatic hydroxyl groups is 2. The van der Waals surface area contributed by atoms with Gasteiger partial charge in [0.2, 0.25) is 0 Å². The van der Waals surface area contributed by atoms with Crippen molar-refractivity contribution >= 4 is 5.97 Å². The molecular weight excluding hydrogens is 288 g/mol. The quantitative estimate of drug-likeness (QED) is 0.545. The zero-order valence-electron chi connectivity index (χ0n) is 13.4. The van der Waals surface area contributed by atoms with Gasteiger partial charge in [-0.1, -0.05) is 32.1 Å². The molecule has 6 nitrogen and oxygen atoms in total. The van der Waals surface area contributed by atoms with E-state index in [1.165, 1.54) is 0 Å². The van der Waals surface area contributed by atoms with Crippen LogP contribution in [0.25, 0.3) is 0 Å². The molecule has 0 aromatic heterocycles. The van der Waals surface area contributed by atoms with Crippen molar-refractivity contribution in [1.82, 2.24) is 0 Å². The van der Waals surface area contributed by atoms with Crippen LogP contribution in [-0.2, 0) is 14.3 Å². The lowest BCUT2D eigenvalue weighted by atomic mass is 10.0. The Kier molecular flexibility index (Phi) is 9.63. The number of carbonyl (C=O) groups excluding carboxylic acids is 1. The molecule has 0 spiro atoms. The minimum absolute atomic E-state index is 0.157. The van der Waals surface area contributed by atoms with Crippen LogP contribution in [0.15, 0.2) is 0 Å². The number of aliphatic hydroxyl groups excluding tert-OH is 2. The van der Waals surface area contributed by atoms with Crippen LogP contribution >= 0.6 is 0 Å². The number of unbranched alkanes of at least 4 members (excludes halogenated alkanes) is 6. The van der Waals surface area contributed by atoms with Gasteiger partial charge in [0.05, 0.1) is 12.2 Å². The Bertz CT molecular complexity index is 309. The Hall–Kier alpha value is -0.690. The number of ether oxygens (including phenoxy) is 2. The van der Waals surface area contributed by atoms with Crippen LogP contribution in [0.1, 0.15) is 64.7 Å². The first-order valence-electron chi connectivity index (χ1n) is 8.33. The molecule has 0 amide bonds. The fourth-order valence-electron chi connectivity index (χ4n) is 2.55. The number of carboxylic acids is 1. The van der Waals surface area contributed by atoms with E-state index in [2.05, 4.69) is 0 Å². The molecule has 0 aromatic rings. The molecule has 0 saturated carbocycles. The van der Waals surface area contributed by atoms with E-state index in [-0.39, 0.29) is 18.9 Å². The summed E-state index contributed by atoms with van der Waals surface area (Å²) in [6.45, 7) is 2.31. The van der Waals surface area contributed by atoms with Crippen LogP contribution in [0.3, 0.4) is 0 Å². The van der Waals surface area contributed by atoms with Crippen molar-refractivity contribution in [2.24, 2.45) is 0 Å². The molecule has 0 unspecified atom stereocenters. The highest BCUT2D eigenvalue weighted by molar-refractivity contribution is 5.63. The SMILES string of the molecule is C[C@@H]1O[C@@H](OCCCCCCCCCC(=O)[O-])[C@H](O)C[C@H]1O. The van der Waals surface area contributed by atoms with E-state index in [4.69, 9.17) is 9.47 Å². The Morgan fingerprint density at radius 3 is 2.32 bits per heavy atom. The smallest absolute Gasteiger partial charge is 0.183 e. The number of aliphatic carboxylic acids is 1. The molecule has 2 N–H and O–H groups in total. The Balaban J connectivity index is 1.92. The van der Waals surface area contributed by atoms with E-state index >= 15 is 0 Å². The normalized spacial score (nSPS) is 28.7. The minimum Gasteiger partial charge on any atom is -0.550 e. The summed E-state index contributed by atoms with van der Waals surface area (Å²) in [7, 11) is 0. The zero-order valence-corrected chi connectivity index (χ0v) is 13.4. The van der Waals surface area contributed by atoms with E-state index < -0.39 is 24.5 Å². The summed E-state index contributed by atoms with van der Waals surface area (Å²) in [4.78, 5) is 10.2. The van der Waals surface area contributed by atoms with Gasteiger partial charge in [-0.25, -0.2) is 0 Å². The molecule has 1 aliphatic heterocycles. The van der Waals surface area contributed by atoms with Gasteiger partial charge < -0.3 is 29.6 Å². The fraction of sp³-hybridized carbons (Fsp3) is 0.938. The third kappa shape index (κ3) is 8.08. The fourth-order valence-corrected chi connectivity index (χ4v) is 2.55. The summed E-state index contributed by atoms with van der Waals surface area (Å²) in [6, 6.07) is 0. The van der Waals surface area contributed by atoms with Gasteiger partial charge >= 0.3 is 0 Å². The molecule has 1 heterocycles. The molecule has 1 saturated heterocycles. The molecule has 4 atom stereocenters. The molecule has 130 valence electrons. The van der Waals surface area contributed by atoms with E-state index in [9.17, 15) is 20.1 Å². The Labute approximate surface area is 132 Å². The van der Waals surface area contributed by atoms with E-state index in [1.807, 2.05) is 0 Å². The van der Waals surface area contributed by atoms with Crippen molar-refractivity contribution in [2.75, 3.05) is 6.61 Å². The molecule has 0 bridgehead atoms. The molecular formula is C16H29O6-. The first-order valence-corrected chi connectivity index (χ1v) is 8.33. The summed E-state index contributed by atoms with van der Waals surface area (Å²) < 4.78 is 11.0. The van der Waals surface area contributed by atoms with E-state index in [0.29, 0.717) is 13.0 Å². The second kappa shape index (κ2) is 10.9. The second-order valence-electron chi connectivity index (χ2n) is 6.05. The van der Waals surface area contributed by atoms with Crippen LogP contribution in [0, 0.1) is 0 Å². The number of carbonyl (C=O) groups is 1.